The number of pyridine rings is 2. The third-order valence-corrected chi connectivity index (χ3v) is 5.89. The maximum Gasteiger partial charge on any atom is 0.145 e. The van der Waals surface area contributed by atoms with Gasteiger partial charge >= 0.3 is 0 Å². The summed E-state index contributed by atoms with van der Waals surface area (Å²) in [7, 11) is 0. The highest BCUT2D eigenvalue weighted by atomic mass is 32.1. The molecular weight excluding hydrogens is 314 g/mol. The molecule has 0 saturated carbocycles. The van der Waals surface area contributed by atoms with E-state index in [9.17, 15) is 0 Å². The molecule has 112 valence electrons. The lowest BCUT2D eigenvalue weighted by Crippen LogP contribution is -1.91. The Morgan fingerprint density at radius 2 is 1.75 bits per heavy atom. The first-order valence-electron chi connectivity index (χ1n) is 7.84. The summed E-state index contributed by atoms with van der Waals surface area (Å²) < 4.78 is 4.82. The summed E-state index contributed by atoms with van der Waals surface area (Å²) in [5.41, 5.74) is 2.16. The van der Waals surface area contributed by atoms with Crippen LogP contribution in [0.4, 0.5) is 0 Å². The molecule has 0 radical (unpaired) electrons. The molecule has 0 unspecified atom stereocenters. The van der Waals surface area contributed by atoms with Gasteiger partial charge < -0.3 is 0 Å². The molecule has 0 N–H and O–H groups in total. The minimum Gasteiger partial charge on any atom is -0.299 e. The van der Waals surface area contributed by atoms with E-state index in [0.29, 0.717) is 0 Å². The molecule has 0 spiro atoms. The Balaban J connectivity index is 2.07. The predicted molar refractivity (Wildman–Crippen MR) is 101 cm³/mol. The van der Waals surface area contributed by atoms with Crippen LogP contribution in [-0.4, -0.2) is 14.4 Å². The van der Waals surface area contributed by atoms with E-state index in [1.54, 1.807) is 0 Å². The molecule has 0 saturated heterocycles. The Morgan fingerprint density at radius 3 is 2.75 bits per heavy atom. The van der Waals surface area contributed by atoms with E-state index in [1.165, 1.54) is 36.5 Å². The number of imidazole rings is 1. The lowest BCUT2D eigenvalue weighted by molar-refractivity contribution is 1.27. The molecule has 2 aromatic carbocycles. The average Bonchev–Trinajstić information content (AvgIpc) is 3.26. The Bertz CT molecular complexity index is 1410. The zero-order valence-corrected chi connectivity index (χ0v) is 13.4. The molecule has 6 rings (SSSR count). The quantitative estimate of drug-likeness (QED) is 0.350. The van der Waals surface area contributed by atoms with Crippen molar-refractivity contribution in [2.45, 2.75) is 0 Å². The Morgan fingerprint density at radius 1 is 0.792 bits per heavy atom. The van der Waals surface area contributed by atoms with E-state index in [-0.39, 0.29) is 0 Å². The van der Waals surface area contributed by atoms with Crippen LogP contribution in [0, 0.1) is 0 Å². The first kappa shape index (κ1) is 12.4. The minimum atomic E-state index is 0.985. The van der Waals surface area contributed by atoms with E-state index in [1.807, 2.05) is 36.1 Å². The smallest absolute Gasteiger partial charge is 0.145 e. The number of hydrogen-bond donors (Lipinski definition) is 0. The summed E-state index contributed by atoms with van der Waals surface area (Å²) >= 11 is 1.85. The molecule has 0 atom stereocenters. The van der Waals surface area contributed by atoms with Gasteiger partial charge in [-0.2, -0.15) is 0 Å². The van der Waals surface area contributed by atoms with Crippen LogP contribution in [0.3, 0.4) is 0 Å². The molecular formula is C20H11N3S. The van der Waals surface area contributed by atoms with Crippen LogP contribution in [0.15, 0.2) is 67.3 Å². The molecule has 4 heteroatoms. The molecule has 0 aliphatic rings. The molecule has 0 bridgehead atoms. The van der Waals surface area contributed by atoms with Crippen molar-refractivity contribution in [3.63, 3.8) is 0 Å². The molecule has 4 aromatic heterocycles. The second-order valence-electron chi connectivity index (χ2n) is 5.97. The van der Waals surface area contributed by atoms with Crippen molar-refractivity contribution in [1.82, 2.24) is 14.4 Å². The number of thiophene rings is 1. The van der Waals surface area contributed by atoms with Crippen molar-refractivity contribution in [1.29, 1.82) is 0 Å². The van der Waals surface area contributed by atoms with Gasteiger partial charge in [-0.3, -0.25) is 9.38 Å². The van der Waals surface area contributed by atoms with Gasteiger partial charge in [-0.25, -0.2) is 4.98 Å². The average molecular weight is 325 g/mol. The largest absolute Gasteiger partial charge is 0.299 e. The van der Waals surface area contributed by atoms with Gasteiger partial charge in [0, 0.05) is 61.1 Å². The summed E-state index contributed by atoms with van der Waals surface area (Å²) in [5.74, 6) is 0. The lowest BCUT2D eigenvalue weighted by Gasteiger charge is -2.09. The number of aromatic nitrogens is 3. The van der Waals surface area contributed by atoms with Crippen molar-refractivity contribution >= 4 is 58.8 Å². The SMILES string of the molecule is c1ccc2c(c1)sc1ccc3c(c4cnccc4c4nccn34)c12. The predicted octanol–water partition coefficient (Wildman–Crippen LogP) is 5.40. The molecule has 0 fully saturated rings. The van der Waals surface area contributed by atoms with Gasteiger partial charge in [0.1, 0.15) is 5.65 Å². The normalized spacial score (nSPS) is 12.2. The van der Waals surface area contributed by atoms with E-state index >= 15 is 0 Å². The molecule has 0 aliphatic heterocycles. The second-order valence-corrected chi connectivity index (χ2v) is 7.06. The molecule has 4 heterocycles. The van der Waals surface area contributed by atoms with Gasteiger partial charge in [-0.15, -0.1) is 11.3 Å². The van der Waals surface area contributed by atoms with Gasteiger partial charge in [0.25, 0.3) is 0 Å². The van der Waals surface area contributed by atoms with E-state index in [0.717, 1.165) is 11.0 Å². The second kappa shape index (κ2) is 4.30. The van der Waals surface area contributed by atoms with Crippen molar-refractivity contribution < 1.29 is 0 Å². The van der Waals surface area contributed by atoms with Gasteiger partial charge in [0.15, 0.2) is 0 Å². The first-order valence-corrected chi connectivity index (χ1v) is 8.66. The standard InChI is InChI=1S/C20H11N3S/c1-2-4-16-13(3-1)19-17(24-16)6-5-15-18(19)14-11-21-8-7-12(14)20-22-9-10-23(15)20/h1-11H. The molecule has 6 aromatic rings. The highest BCUT2D eigenvalue weighted by molar-refractivity contribution is 7.26. The minimum absolute atomic E-state index is 0.985. The maximum atomic E-state index is 4.56. The van der Waals surface area contributed by atoms with E-state index < -0.39 is 0 Å². The van der Waals surface area contributed by atoms with Gasteiger partial charge in [-0.1, -0.05) is 18.2 Å². The summed E-state index contributed by atoms with van der Waals surface area (Å²) in [6.45, 7) is 0. The first-order chi connectivity index (χ1) is 11.9. The van der Waals surface area contributed by atoms with Crippen molar-refractivity contribution in [3.05, 3.63) is 67.3 Å². The molecule has 0 amide bonds. The van der Waals surface area contributed by atoms with Crippen molar-refractivity contribution in [3.8, 4) is 0 Å². The van der Waals surface area contributed by atoms with E-state index in [4.69, 9.17) is 0 Å². The Kier molecular flexibility index (Phi) is 2.23. The molecule has 3 nitrogen and oxygen atoms in total. The van der Waals surface area contributed by atoms with Gasteiger partial charge in [0.2, 0.25) is 0 Å². The maximum absolute atomic E-state index is 4.56. The third-order valence-electron chi connectivity index (χ3n) is 4.75. The number of nitrogens with zero attached hydrogens (tertiary/aromatic N) is 3. The summed E-state index contributed by atoms with van der Waals surface area (Å²) in [5, 5.41) is 6.21. The fourth-order valence-electron chi connectivity index (χ4n) is 3.76. The lowest BCUT2D eigenvalue weighted by atomic mass is 10.0. The van der Waals surface area contributed by atoms with Gasteiger partial charge in [0.05, 0.1) is 5.52 Å². The fourth-order valence-corrected chi connectivity index (χ4v) is 4.88. The van der Waals surface area contributed by atoms with Crippen LogP contribution < -0.4 is 0 Å². The highest BCUT2D eigenvalue weighted by Crippen LogP contribution is 2.41. The summed E-state index contributed by atoms with van der Waals surface area (Å²) in [6, 6.07) is 15.1. The van der Waals surface area contributed by atoms with Crippen LogP contribution in [-0.2, 0) is 0 Å². The topological polar surface area (TPSA) is 30.2 Å². The zero-order chi connectivity index (χ0) is 15.7. The Labute approximate surface area is 140 Å². The zero-order valence-electron chi connectivity index (χ0n) is 12.6. The number of hydrogen-bond acceptors (Lipinski definition) is 3. The Hall–Kier alpha value is -2.98. The number of rotatable bonds is 0. The van der Waals surface area contributed by atoms with Gasteiger partial charge in [-0.05, 0) is 24.3 Å². The number of fused-ring (bicyclic) bond motifs is 10. The van der Waals surface area contributed by atoms with Crippen LogP contribution in [0.25, 0.3) is 47.5 Å². The third kappa shape index (κ3) is 1.42. The van der Waals surface area contributed by atoms with Crippen LogP contribution in [0.1, 0.15) is 0 Å². The fraction of sp³-hybridized carbons (Fsp3) is 0. The van der Waals surface area contributed by atoms with Crippen LogP contribution in [0.5, 0.6) is 0 Å². The summed E-state index contributed by atoms with van der Waals surface area (Å²) in [4.78, 5) is 8.96. The number of benzene rings is 2. The van der Waals surface area contributed by atoms with E-state index in [2.05, 4.69) is 56.8 Å². The molecule has 24 heavy (non-hydrogen) atoms. The molecule has 0 aliphatic carbocycles. The monoisotopic (exact) mass is 325 g/mol. The highest BCUT2D eigenvalue weighted by Gasteiger charge is 2.15. The summed E-state index contributed by atoms with van der Waals surface area (Å²) in [6.07, 6.45) is 7.72. The van der Waals surface area contributed by atoms with Crippen LogP contribution >= 0.6 is 11.3 Å². The van der Waals surface area contributed by atoms with Crippen molar-refractivity contribution in [2.75, 3.05) is 0 Å². The van der Waals surface area contributed by atoms with Crippen LogP contribution in [0.2, 0.25) is 0 Å². The van der Waals surface area contributed by atoms with Crippen molar-refractivity contribution in [2.24, 2.45) is 0 Å².